The van der Waals surface area contributed by atoms with Crippen LogP contribution in [0.1, 0.15) is 26.2 Å². The van der Waals surface area contributed by atoms with Gasteiger partial charge in [0.2, 0.25) is 0 Å². The lowest BCUT2D eigenvalue weighted by molar-refractivity contribution is -0.153. The second-order valence-electron chi connectivity index (χ2n) is 3.42. The summed E-state index contributed by atoms with van der Waals surface area (Å²) < 4.78 is 4.97. The molecule has 3 N–H and O–H groups in total. The predicted molar refractivity (Wildman–Crippen MR) is 50.6 cm³/mol. The van der Waals surface area contributed by atoms with Gasteiger partial charge < -0.3 is 20.1 Å². The molecule has 0 aromatic heterocycles. The Morgan fingerprint density at radius 3 is 2.00 bits per heavy atom. The molecule has 0 amide bonds. The molecule has 0 spiro atoms. The van der Waals surface area contributed by atoms with E-state index in [2.05, 4.69) is 0 Å². The summed E-state index contributed by atoms with van der Waals surface area (Å²) in [7, 11) is 0. The van der Waals surface area contributed by atoms with Crippen LogP contribution in [-0.4, -0.2) is 46.1 Å². The minimum absolute atomic E-state index is 0.278. The van der Waals surface area contributed by atoms with E-state index < -0.39 is 30.4 Å². The van der Waals surface area contributed by atoms with Crippen molar-refractivity contribution >= 4 is 11.9 Å². The average molecular weight is 220 g/mol. The third kappa shape index (κ3) is 6.87. The van der Waals surface area contributed by atoms with Gasteiger partial charge >= 0.3 is 11.9 Å². The number of carbonyl (C=O) groups is 2. The van der Waals surface area contributed by atoms with Crippen molar-refractivity contribution in [3.8, 4) is 0 Å². The van der Waals surface area contributed by atoms with E-state index in [1.54, 1.807) is 0 Å². The van der Waals surface area contributed by atoms with Gasteiger partial charge in [0.1, 0.15) is 5.60 Å². The number of carboxylic acids is 2. The monoisotopic (exact) mass is 220 g/mol. The summed E-state index contributed by atoms with van der Waals surface area (Å²) in [5.74, 6) is -2.50. The first-order valence-corrected chi connectivity index (χ1v) is 4.63. The molecule has 0 atom stereocenters. The van der Waals surface area contributed by atoms with Crippen molar-refractivity contribution in [3.05, 3.63) is 0 Å². The summed E-state index contributed by atoms with van der Waals surface area (Å²) in [6.07, 6.45) is -0.553. The van der Waals surface area contributed by atoms with Crippen molar-refractivity contribution in [2.24, 2.45) is 0 Å². The molecule has 6 heteroatoms. The van der Waals surface area contributed by atoms with Gasteiger partial charge in [0, 0.05) is 6.61 Å². The Morgan fingerprint density at radius 2 is 1.67 bits per heavy atom. The quantitative estimate of drug-likeness (QED) is 0.501. The summed E-state index contributed by atoms with van der Waals surface area (Å²) >= 11 is 0. The number of aliphatic hydroxyl groups is 1. The van der Waals surface area contributed by atoms with Crippen LogP contribution in [0.3, 0.4) is 0 Å². The van der Waals surface area contributed by atoms with Crippen molar-refractivity contribution in [1.29, 1.82) is 0 Å². The van der Waals surface area contributed by atoms with E-state index in [9.17, 15) is 14.7 Å². The zero-order valence-corrected chi connectivity index (χ0v) is 8.60. The Balaban J connectivity index is 4.26. The normalized spacial score (nSPS) is 11.3. The number of carboxylic acid groups (broad SMARTS) is 2. The lowest BCUT2D eigenvalue weighted by atomic mass is 9.97. The smallest absolute Gasteiger partial charge is 0.306 e. The number of aliphatic carboxylic acids is 2. The van der Waals surface area contributed by atoms with E-state index >= 15 is 0 Å². The third-order valence-electron chi connectivity index (χ3n) is 1.68. The maximum Gasteiger partial charge on any atom is 0.306 e. The summed E-state index contributed by atoms with van der Waals surface area (Å²) in [6.45, 7) is 1.94. The van der Waals surface area contributed by atoms with Crippen molar-refractivity contribution in [2.45, 2.75) is 31.8 Å². The van der Waals surface area contributed by atoms with Crippen LogP contribution in [0.15, 0.2) is 0 Å². The van der Waals surface area contributed by atoms with Crippen molar-refractivity contribution in [2.75, 3.05) is 13.2 Å². The minimum Gasteiger partial charge on any atom is -0.481 e. The first kappa shape index (κ1) is 13.9. The molecule has 0 aromatic rings. The van der Waals surface area contributed by atoms with Crippen LogP contribution in [0.4, 0.5) is 0 Å². The summed E-state index contributed by atoms with van der Waals surface area (Å²) in [5.41, 5.74) is -1.83. The van der Waals surface area contributed by atoms with E-state index in [0.29, 0.717) is 6.61 Å². The van der Waals surface area contributed by atoms with Gasteiger partial charge in [-0.05, 0) is 6.42 Å². The van der Waals surface area contributed by atoms with Gasteiger partial charge in [0.05, 0.1) is 19.4 Å². The molecule has 6 nitrogen and oxygen atoms in total. The van der Waals surface area contributed by atoms with Crippen LogP contribution in [-0.2, 0) is 14.3 Å². The molecule has 0 rings (SSSR count). The molecule has 0 aliphatic carbocycles. The molecule has 88 valence electrons. The zero-order chi connectivity index (χ0) is 11.9. The number of rotatable bonds is 8. The Morgan fingerprint density at radius 1 is 1.20 bits per heavy atom. The van der Waals surface area contributed by atoms with Gasteiger partial charge in [0.15, 0.2) is 0 Å². The standard InChI is InChI=1S/C9H16O6/c1-2-3-15-6-9(14,4-7(10)11)5-8(12)13/h14H,2-6H2,1H3,(H,10,11)(H,12,13). The fourth-order valence-electron chi connectivity index (χ4n) is 1.13. The lowest BCUT2D eigenvalue weighted by Crippen LogP contribution is -2.39. The van der Waals surface area contributed by atoms with Gasteiger partial charge in [-0.15, -0.1) is 0 Å². The highest BCUT2D eigenvalue weighted by Crippen LogP contribution is 2.16. The minimum atomic E-state index is -1.83. The first-order valence-electron chi connectivity index (χ1n) is 4.63. The molecule has 0 aliphatic heterocycles. The maximum atomic E-state index is 10.4. The molecule has 0 radical (unpaired) electrons. The third-order valence-corrected chi connectivity index (χ3v) is 1.68. The zero-order valence-electron chi connectivity index (χ0n) is 8.60. The van der Waals surface area contributed by atoms with E-state index in [1.807, 2.05) is 6.92 Å². The van der Waals surface area contributed by atoms with E-state index in [4.69, 9.17) is 14.9 Å². The number of hydrogen-bond donors (Lipinski definition) is 3. The van der Waals surface area contributed by atoms with Crippen LogP contribution in [0.5, 0.6) is 0 Å². The second kappa shape index (κ2) is 6.36. The highest BCUT2D eigenvalue weighted by molar-refractivity contribution is 5.72. The average Bonchev–Trinajstić information content (AvgIpc) is 2.00. The molecule has 15 heavy (non-hydrogen) atoms. The number of ether oxygens (including phenoxy) is 1. The van der Waals surface area contributed by atoms with E-state index in [0.717, 1.165) is 6.42 Å². The highest BCUT2D eigenvalue weighted by Gasteiger charge is 2.33. The summed E-state index contributed by atoms with van der Waals surface area (Å²) in [6, 6.07) is 0. The van der Waals surface area contributed by atoms with Crippen LogP contribution in [0.25, 0.3) is 0 Å². The molecular formula is C9H16O6. The maximum absolute atomic E-state index is 10.4. The number of hydrogen-bond acceptors (Lipinski definition) is 4. The van der Waals surface area contributed by atoms with E-state index in [1.165, 1.54) is 0 Å². The Kier molecular flexibility index (Phi) is 5.88. The predicted octanol–water partition coefficient (Wildman–Crippen LogP) is 0.0935. The first-order chi connectivity index (χ1) is 6.89. The molecule has 0 aliphatic rings. The van der Waals surface area contributed by atoms with Gasteiger partial charge in [-0.25, -0.2) is 0 Å². The van der Waals surface area contributed by atoms with Gasteiger partial charge in [-0.3, -0.25) is 9.59 Å². The molecule has 0 unspecified atom stereocenters. The van der Waals surface area contributed by atoms with Gasteiger partial charge in [-0.1, -0.05) is 6.92 Å². The van der Waals surface area contributed by atoms with Crippen molar-refractivity contribution in [1.82, 2.24) is 0 Å². The Labute approximate surface area is 87.5 Å². The molecule has 0 aromatic carbocycles. The lowest BCUT2D eigenvalue weighted by Gasteiger charge is -2.24. The van der Waals surface area contributed by atoms with Crippen LogP contribution in [0.2, 0.25) is 0 Å². The van der Waals surface area contributed by atoms with Crippen molar-refractivity contribution in [3.63, 3.8) is 0 Å². The fourth-order valence-corrected chi connectivity index (χ4v) is 1.13. The topological polar surface area (TPSA) is 104 Å². The van der Waals surface area contributed by atoms with Crippen LogP contribution in [0, 0.1) is 0 Å². The van der Waals surface area contributed by atoms with E-state index in [-0.39, 0.29) is 6.61 Å². The molecular weight excluding hydrogens is 204 g/mol. The molecule has 0 fully saturated rings. The fraction of sp³-hybridized carbons (Fsp3) is 0.778. The molecule has 0 saturated carbocycles. The SMILES string of the molecule is CCCOCC(O)(CC(=O)O)CC(=O)O. The van der Waals surface area contributed by atoms with Gasteiger partial charge in [-0.2, -0.15) is 0 Å². The van der Waals surface area contributed by atoms with Crippen LogP contribution < -0.4 is 0 Å². The Bertz CT molecular complexity index is 209. The molecule has 0 bridgehead atoms. The van der Waals surface area contributed by atoms with Gasteiger partial charge in [0.25, 0.3) is 0 Å². The summed E-state index contributed by atoms with van der Waals surface area (Å²) in [4.78, 5) is 20.8. The van der Waals surface area contributed by atoms with Crippen molar-refractivity contribution < 1.29 is 29.6 Å². The largest absolute Gasteiger partial charge is 0.481 e. The highest BCUT2D eigenvalue weighted by atomic mass is 16.5. The molecule has 0 heterocycles. The van der Waals surface area contributed by atoms with Crippen LogP contribution >= 0.6 is 0 Å². The molecule has 0 saturated heterocycles. The summed E-state index contributed by atoms with van der Waals surface area (Å²) in [5, 5.41) is 26.7. The second-order valence-corrected chi connectivity index (χ2v) is 3.42. The Hall–Kier alpha value is -1.14.